The lowest BCUT2D eigenvalue weighted by Gasteiger charge is -2.21. The van der Waals surface area contributed by atoms with E-state index in [0.717, 1.165) is 0 Å². The molecule has 2 amide bonds. The van der Waals surface area contributed by atoms with Gasteiger partial charge in [0.1, 0.15) is 11.2 Å². The zero-order valence-electron chi connectivity index (χ0n) is 14.2. The van der Waals surface area contributed by atoms with E-state index in [-0.39, 0.29) is 0 Å². The van der Waals surface area contributed by atoms with Gasteiger partial charge in [-0.05, 0) is 59.7 Å². The molecular weight excluding hydrogens is 320 g/mol. The molecular formula is C16H23ClN2O4. The number of nitrogens with one attached hydrogen (secondary N) is 2. The minimum atomic E-state index is -0.611. The third-order valence-corrected chi connectivity index (χ3v) is 2.41. The third kappa shape index (κ3) is 8.30. The van der Waals surface area contributed by atoms with E-state index in [1.165, 1.54) is 0 Å². The Morgan fingerprint density at radius 1 is 0.826 bits per heavy atom. The molecule has 1 rings (SSSR count). The van der Waals surface area contributed by atoms with Gasteiger partial charge in [0.15, 0.2) is 0 Å². The van der Waals surface area contributed by atoms with Crippen molar-refractivity contribution in [2.75, 3.05) is 10.6 Å². The van der Waals surface area contributed by atoms with Crippen LogP contribution in [0.4, 0.5) is 21.0 Å². The topological polar surface area (TPSA) is 76.7 Å². The fraction of sp³-hybridized carbons (Fsp3) is 0.500. The number of halogens is 1. The minimum Gasteiger partial charge on any atom is -0.444 e. The van der Waals surface area contributed by atoms with E-state index in [2.05, 4.69) is 10.6 Å². The molecule has 0 aliphatic rings. The zero-order chi connectivity index (χ0) is 17.8. The standard InChI is InChI=1S/C16H23ClN2O4/c1-15(2,3)22-13(20)18-11-7-10(17)8-12(9-11)19-14(21)23-16(4,5)6/h7-9H,1-6H3,(H,18,20)(H,19,21). The maximum atomic E-state index is 11.8. The van der Waals surface area contributed by atoms with E-state index in [0.29, 0.717) is 16.4 Å². The molecule has 0 spiro atoms. The fourth-order valence-electron chi connectivity index (χ4n) is 1.58. The lowest BCUT2D eigenvalue weighted by Crippen LogP contribution is -2.28. The predicted octanol–water partition coefficient (Wildman–Crippen LogP) is 5.03. The first kappa shape index (κ1) is 19.1. The van der Waals surface area contributed by atoms with Crippen molar-refractivity contribution in [3.63, 3.8) is 0 Å². The van der Waals surface area contributed by atoms with Crippen molar-refractivity contribution in [3.8, 4) is 0 Å². The second-order valence-electron chi connectivity index (χ2n) is 6.98. The van der Waals surface area contributed by atoms with Crippen LogP contribution in [0.15, 0.2) is 18.2 Å². The Balaban J connectivity index is 2.79. The first-order valence-electron chi connectivity index (χ1n) is 7.15. The molecule has 0 atom stereocenters. The molecule has 1 aromatic carbocycles. The summed E-state index contributed by atoms with van der Waals surface area (Å²) in [4.78, 5) is 23.5. The van der Waals surface area contributed by atoms with Gasteiger partial charge >= 0.3 is 12.2 Å². The van der Waals surface area contributed by atoms with Gasteiger partial charge in [-0.25, -0.2) is 9.59 Å². The SMILES string of the molecule is CC(C)(C)OC(=O)Nc1cc(Cl)cc(NC(=O)OC(C)(C)C)c1. The Morgan fingerprint density at radius 3 is 1.48 bits per heavy atom. The Labute approximate surface area is 141 Å². The summed E-state index contributed by atoms with van der Waals surface area (Å²) in [5.74, 6) is 0. The summed E-state index contributed by atoms with van der Waals surface area (Å²) >= 11 is 6.00. The molecule has 7 heteroatoms. The van der Waals surface area contributed by atoms with Crippen LogP contribution < -0.4 is 10.6 Å². The lowest BCUT2D eigenvalue weighted by atomic mass is 10.2. The molecule has 23 heavy (non-hydrogen) atoms. The normalized spacial score (nSPS) is 11.6. The van der Waals surface area contributed by atoms with Gasteiger partial charge in [0.25, 0.3) is 0 Å². The summed E-state index contributed by atoms with van der Waals surface area (Å²) in [6.07, 6.45) is -1.22. The second-order valence-corrected chi connectivity index (χ2v) is 7.42. The maximum Gasteiger partial charge on any atom is 0.412 e. The van der Waals surface area contributed by atoms with Crippen LogP contribution in [0, 0.1) is 0 Å². The number of hydrogen-bond acceptors (Lipinski definition) is 4. The monoisotopic (exact) mass is 342 g/mol. The van der Waals surface area contributed by atoms with E-state index in [1.807, 2.05) is 0 Å². The molecule has 0 heterocycles. The summed E-state index contributed by atoms with van der Waals surface area (Å²) in [5, 5.41) is 5.48. The van der Waals surface area contributed by atoms with Crippen LogP contribution >= 0.6 is 11.6 Å². The van der Waals surface area contributed by atoms with Crippen molar-refractivity contribution in [1.29, 1.82) is 0 Å². The molecule has 0 aliphatic heterocycles. The molecule has 0 fully saturated rings. The highest BCUT2D eigenvalue weighted by molar-refractivity contribution is 6.31. The number of rotatable bonds is 2. The number of hydrogen-bond donors (Lipinski definition) is 2. The summed E-state index contributed by atoms with van der Waals surface area (Å²) in [6, 6.07) is 4.65. The zero-order valence-corrected chi connectivity index (χ0v) is 15.0. The number of amides is 2. The molecule has 0 aromatic heterocycles. The maximum absolute atomic E-state index is 11.8. The molecule has 0 aliphatic carbocycles. The van der Waals surface area contributed by atoms with Crippen LogP contribution in [0.3, 0.4) is 0 Å². The number of carbonyl (C=O) groups excluding carboxylic acids is 2. The predicted molar refractivity (Wildman–Crippen MR) is 91.2 cm³/mol. The van der Waals surface area contributed by atoms with Crippen molar-refractivity contribution in [1.82, 2.24) is 0 Å². The van der Waals surface area contributed by atoms with Crippen LogP contribution in [0.2, 0.25) is 5.02 Å². The summed E-state index contributed by atoms with van der Waals surface area (Å²) < 4.78 is 10.3. The van der Waals surface area contributed by atoms with Gasteiger partial charge in [-0.15, -0.1) is 0 Å². The van der Waals surface area contributed by atoms with Gasteiger partial charge in [0.05, 0.1) is 0 Å². The van der Waals surface area contributed by atoms with E-state index in [9.17, 15) is 9.59 Å². The summed E-state index contributed by atoms with van der Waals surface area (Å²) in [7, 11) is 0. The van der Waals surface area contributed by atoms with Crippen molar-refractivity contribution in [2.45, 2.75) is 52.7 Å². The van der Waals surface area contributed by atoms with Gasteiger partial charge in [-0.1, -0.05) is 11.6 Å². The number of benzene rings is 1. The number of ether oxygens (including phenoxy) is 2. The Morgan fingerprint density at radius 2 is 1.17 bits per heavy atom. The Kier molecular flexibility index (Phi) is 5.88. The molecule has 6 nitrogen and oxygen atoms in total. The van der Waals surface area contributed by atoms with E-state index in [4.69, 9.17) is 21.1 Å². The molecule has 0 saturated heterocycles. The Bertz CT molecular complexity index is 540. The number of carbonyl (C=O) groups is 2. The average molecular weight is 343 g/mol. The highest BCUT2D eigenvalue weighted by Gasteiger charge is 2.18. The highest BCUT2D eigenvalue weighted by Crippen LogP contribution is 2.24. The molecule has 0 radical (unpaired) electrons. The lowest BCUT2D eigenvalue weighted by molar-refractivity contribution is 0.0625. The van der Waals surface area contributed by atoms with Crippen LogP contribution in [0.5, 0.6) is 0 Å². The van der Waals surface area contributed by atoms with Gasteiger partial charge in [0, 0.05) is 16.4 Å². The van der Waals surface area contributed by atoms with Crippen molar-refractivity contribution in [3.05, 3.63) is 23.2 Å². The van der Waals surface area contributed by atoms with Crippen LogP contribution in [0.1, 0.15) is 41.5 Å². The van der Waals surface area contributed by atoms with Gasteiger partial charge in [0.2, 0.25) is 0 Å². The Hall–Kier alpha value is -1.95. The van der Waals surface area contributed by atoms with Gasteiger partial charge in [-0.3, -0.25) is 10.6 Å². The molecule has 0 unspecified atom stereocenters. The van der Waals surface area contributed by atoms with Crippen molar-refractivity contribution >= 4 is 35.2 Å². The average Bonchev–Trinajstić information content (AvgIpc) is 2.20. The van der Waals surface area contributed by atoms with Crippen molar-refractivity contribution < 1.29 is 19.1 Å². The first-order chi connectivity index (χ1) is 10.3. The summed E-state index contributed by atoms with van der Waals surface area (Å²) in [5.41, 5.74) is -0.420. The second kappa shape index (κ2) is 7.08. The molecule has 0 bridgehead atoms. The molecule has 2 N–H and O–H groups in total. The number of anilines is 2. The summed E-state index contributed by atoms with van der Waals surface area (Å²) in [6.45, 7) is 10.6. The largest absolute Gasteiger partial charge is 0.444 e. The van der Waals surface area contributed by atoms with Crippen LogP contribution in [-0.4, -0.2) is 23.4 Å². The van der Waals surface area contributed by atoms with Crippen LogP contribution in [-0.2, 0) is 9.47 Å². The van der Waals surface area contributed by atoms with Gasteiger partial charge in [-0.2, -0.15) is 0 Å². The molecule has 1 aromatic rings. The van der Waals surface area contributed by atoms with E-state index >= 15 is 0 Å². The first-order valence-corrected chi connectivity index (χ1v) is 7.52. The van der Waals surface area contributed by atoms with Gasteiger partial charge < -0.3 is 9.47 Å². The molecule has 0 saturated carbocycles. The quantitative estimate of drug-likeness (QED) is 0.789. The third-order valence-electron chi connectivity index (χ3n) is 2.19. The van der Waals surface area contributed by atoms with E-state index < -0.39 is 23.4 Å². The highest BCUT2D eigenvalue weighted by atomic mass is 35.5. The van der Waals surface area contributed by atoms with E-state index in [1.54, 1.807) is 59.7 Å². The molecule has 128 valence electrons. The van der Waals surface area contributed by atoms with Crippen molar-refractivity contribution in [2.24, 2.45) is 0 Å². The smallest absolute Gasteiger partial charge is 0.412 e. The minimum absolute atomic E-state index is 0.351. The van der Waals surface area contributed by atoms with Crippen LogP contribution in [0.25, 0.3) is 0 Å². The fourth-order valence-corrected chi connectivity index (χ4v) is 1.81.